The molecular weight excluding hydrogens is 272 g/mol. The van der Waals surface area contributed by atoms with E-state index in [4.69, 9.17) is 5.11 Å². The maximum absolute atomic E-state index is 9.10. The Morgan fingerprint density at radius 1 is 1.23 bits per heavy atom. The van der Waals surface area contributed by atoms with Crippen LogP contribution in [0.4, 0.5) is 0 Å². The summed E-state index contributed by atoms with van der Waals surface area (Å²) < 4.78 is 0. The molecule has 0 aliphatic carbocycles. The zero-order valence-corrected chi connectivity index (χ0v) is 14.2. The van der Waals surface area contributed by atoms with E-state index in [0.717, 1.165) is 25.9 Å². The van der Waals surface area contributed by atoms with Gasteiger partial charge in [-0.25, -0.2) is 0 Å². The molecule has 2 unspecified atom stereocenters. The van der Waals surface area contributed by atoms with Crippen LogP contribution in [0.25, 0.3) is 0 Å². The van der Waals surface area contributed by atoms with Crippen molar-refractivity contribution in [2.45, 2.75) is 45.7 Å². The van der Waals surface area contributed by atoms with Crippen LogP contribution in [0.15, 0.2) is 30.3 Å². The first kappa shape index (κ1) is 17.5. The zero-order valence-electron chi connectivity index (χ0n) is 14.2. The Bertz CT molecular complexity index is 407. The second-order valence-corrected chi connectivity index (χ2v) is 7.14. The molecular formula is C19H32N2O. The summed E-state index contributed by atoms with van der Waals surface area (Å²) in [5.74, 6) is 1.43. The number of hydrogen-bond donors (Lipinski definition) is 2. The van der Waals surface area contributed by atoms with Gasteiger partial charge >= 0.3 is 0 Å². The molecule has 1 aliphatic rings. The first-order chi connectivity index (χ1) is 10.7. The first-order valence-corrected chi connectivity index (χ1v) is 8.78. The summed E-state index contributed by atoms with van der Waals surface area (Å²) in [4.78, 5) is 2.61. The van der Waals surface area contributed by atoms with E-state index in [1.165, 1.54) is 25.1 Å². The maximum Gasteiger partial charge on any atom is 0.0431 e. The normalized spacial score (nSPS) is 23.1. The van der Waals surface area contributed by atoms with Crippen LogP contribution in [0.3, 0.4) is 0 Å². The number of benzene rings is 1. The monoisotopic (exact) mass is 304 g/mol. The molecule has 1 aromatic rings. The third-order valence-electron chi connectivity index (χ3n) is 4.44. The summed E-state index contributed by atoms with van der Waals surface area (Å²) in [6.45, 7) is 9.39. The largest absolute Gasteiger partial charge is 0.396 e. The Morgan fingerprint density at radius 2 is 2.00 bits per heavy atom. The van der Waals surface area contributed by atoms with Gasteiger partial charge in [-0.3, -0.25) is 0 Å². The van der Waals surface area contributed by atoms with Gasteiger partial charge < -0.3 is 15.3 Å². The van der Waals surface area contributed by atoms with Crippen molar-refractivity contribution in [1.82, 2.24) is 10.2 Å². The topological polar surface area (TPSA) is 35.5 Å². The lowest BCUT2D eigenvalue weighted by Crippen LogP contribution is -2.50. The molecule has 1 aliphatic heterocycles. The number of piperidine rings is 1. The van der Waals surface area contributed by atoms with E-state index in [9.17, 15) is 0 Å². The first-order valence-electron chi connectivity index (χ1n) is 8.78. The van der Waals surface area contributed by atoms with Crippen LogP contribution >= 0.6 is 0 Å². The fourth-order valence-electron chi connectivity index (χ4n) is 3.56. The number of hydrogen-bond acceptors (Lipinski definition) is 3. The van der Waals surface area contributed by atoms with Crippen LogP contribution in [-0.2, 0) is 6.54 Å². The van der Waals surface area contributed by atoms with Crippen molar-refractivity contribution in [3.63, 3.8) is 0 Å². The summed E-state index contributed by atoms with van der Waals surface area (Å²) in [6.07, 6.45) is 3.32. The van der Waals surface area contributed by atoms with E-state index in [2.05, 4.69) is 54.4 Å². The fraction of sp³-hybridized carbons (Fsp3) is 0.684. The molecule has 2 rings (SSSR count). The summed E-state index contributed by atoms with van der Waals surface area (Å²) in [5.41, 5.74) is 1.36. The molecule has 2 atom stereocenters. The van der Waals surface area contributed by atoms with Crippen molar-refractivity contribution in [1.29, 1.82) is 0 Å². The standard InChI is InChI=1S/C19H32N2O/c1-16(2)13-21-14-18(9-6-10-22)11-19(15-21)20-12-17-7-4-3-5-8-17/h3-5,7-8,16,18-20,22H,6,9-15H2,1-2H3. The molecule has 1 saturated heterocycles. The van der Waals surface area contributed by atoms with Crippen molar-refractivity contribution in [3.8, 4) is 0 Å². The number of rotatable bonds is 8. The Morgan fingerprint density at radius 3 is 2.68 bits per heavy atom. The lowest BCUT2D eigenvalue weighted by atomic mass is 9.90. The number of likely N-dealkylation sites (tertiary alicyclic amines) is 1. The molecule has 0 saturated carbocycles. The average molecular weight is 304 g/mol. The fourth-order valence-corrected chi connectivity index (χ4v) is 3.56. The van der Waals surface area contributed by atoms with Gasteiger partial charge in [0.25, 0.3) is 0 Å². The van der Waals surface area contributed by atoms with Gasteiger partial charge in [-0.15, -0.1) is 0 Å². The van der Waals surface area contributed by atoms with Gasteiger partial charge in [-0.1, -0.05) is 44.2 Å². The van der Waals surface area contributed by atoms with E-state index in [0.29, 0.717) is 24.5 Å². The summed E-state index contributed by atoms with van der Waals surface area (Å²) in [7, 11) is 0. The predicted octanol–water partition coefficient (Wildman–Crippen LogP) is 2.90. The summed E-state index contributed by atoms with van der Waals surface area (Å²) in [6, 6.07) is 11.2. The van der Waals surface area contributed by atoms with Crippen LogP contribution in [0, 0.1) is 11.8 Å². The number of aliphatic hydroxyl groups is 1. The quantitative estimate of drug-likeness (QED) is 0.775. The van der Waals surface area contributed by atoms with Gasteiger partial charge in [0.05, 0.1) is 0 Å². The summed E-state index contributed by atoms with van der Waals surface area (Å²) >= 11 is 0. The molecule has 0 bridgehead atoms. The highest BCUT2D eigenvalue weighted by atomic mass is 16.2. The molecule has 3 nitrogen and oxygen atoms in total. The van der Waals surface area contributed by atoms with Crippen LogP contribution in [0.5, 0.6) is 0 Å². The zero-order chi connectivity index (χ0) is 15.8. The molecule has 2 N–H and O–H groups in total. The smallest absolute Gasteiger partial charge is 0.0431 e. The van der Waals surface area contributed by atoms with Crippen LogP contribution in [-0.4, -0.2) is 42.3 Å². The molecule has 0 aromatic heterocycles. The number of aliphatic hydroxyl groups excluding tert-OH is 1. The molecule has 1 heterocycles. The second-order valence-electron chi connectivity index (χ2n) is 7.14. The van der Waals surface area contributed by atoms with Gasteiger partial charge in [-0.05, 0) is 36.7 Å². The molecule has 1 fully saturated rings. The molecule has 124 valence electrons. The molecule has 0 radical (unpaired) electrons. The van der Waals surface area contributed by atoms with Crippen LogP contribution in [0.1, 0.15) is 38.7 Å². The van der Waals surface area contributed by atoms with Gasteiger partial charge in [0.15, 0.2) is 0 Å². The van der Waals surface area contributed by atoms with Crippen molar-refractivity contribution in [2.75, 3.05) is 26.2 Å². The molecule has 22 heavy (non-hydrogen) atoms. The molecule has 1 aromatic carbocycles. The van der Waals surface area contributed by atoms with Gasteiger partial charge in [0.2, 0.25) is 0 Å². The number of nitrogens with zero attached hydrogens (tertiary/aromatic N) is 1. The van der Waals surface area contributed by atoms with E-state index in [1.54, 1.807) is 0 Å². The predicted molar refractivity (Wildman–Crippen MR) is 92.8 cm³/mol. The van der Waals surface area contributed by atoms with Gasteiger partial charge in [-0.2, -0.15) is 0 Å². The van der Waals surface area contributed by atoms with E-state index >= 15 is 0 Å². The van der Waals surface area contributed by atoms with E-state index in [1.807, 2.05) is 0 Å². The maximum atomic E-state index is 9.10. The molecule has 0 amide bonds. The van der Waals surface area contributed by atoms with Crippen LogP contribution in [0.2, 0.25) is 0 Å². The average Bonchev–Trinajstić information content (AvgIpc) is 2.51. The van der Waals surface area contributed by atoms with Gasteiger partial charge in [0.1, 0.15) is 0 Å². The Kier molecular flexibility index (Phi) is 7.37. The van der Waals surface area contributed by atoms with Crippen molar-refractivity contribution in [3.05, 3.63) is 35.9 Å². The Balaban J connectivity index is 1.87. The molecule has 0 spiro atoms. The van der Waals surface area contributed by atoms with Crippen molar-refractivity contribution < 1.29 is 5.11 Å². The van der Waals surface area contributed by atoms with Gasteiger partial charge in [0, 0.05) is 38.8 Å². The SMILES string of the molecule is CC(C)CN1CC(CCCO)CC(NCc2ccccc2)C1. The van der Waals surface area contributed by atoms with E-state index < -0.39 is 0 Å². The Hall–Kier alpha value is -0.900. The minimum absolute atomic E-state index is 0.322. The summed E-state index contributed by atoms with van der Waals surface area (Å²) in [5, 5.41) is 12.8. The molecule has 3 heteroatoms. The highest BCUT2D eigenvalue weighted by Crippen LogP contribution is 2.22. The number of nitrogens with one attached hydrogen (secondary N) is 1. The van der Waals surface area contributed by atoms with Crippen molar-refractivity contribution >= 4 is 0 Å². The third-order valence-corrected chi connectivity index (χ3v) is 4.44. The second kappa shape index (κ2) is 9.29. The van der Waals surface area contributed by atoms with Crippen LogP contribution < -0.4 is 5.32 Å². The third kappa shape index (κ3) is 6.07. The lowest BCUT2D eigenvalue weighted by molar-refractivity contribution is 0.118. The lowest BCUT2D eigenvalue weighted by Gasteiger charge is -2.39. The minimum atomic E-state index is 0.322. The minimum Gasteiger partial charge on any atom is -0.396 e. The van der Waals surface area contributed by atoms with Crippen molar-refractivity contribution in [2.24, 2.45) is 11.8 Å². The van der Waals surface area contributed by atoms with E-state index in [-0.39, 0.29) is 0 Å². The Labute approximate surface area is 135 Å². The highest BCUT2D eigenvalue weighted by molar-refractivity contribution is 5.14. The highest BCUT2D eigenvalue weighted by Gasteiger charge is 2.26.